The van der Waals surface area contributed by atoms with Gasteiger partial charge in [0.15, 0.2) is 5.82 Å². The number of hydrogen-bond donors (Lipinski definition) is 1. The van der Waals surface area contributed by atoms with E-state index in [4.69, 9.17) is 11.0 Å². The summed E-state index contributed by atoms with van der Waals surface area (Å²) in [5.74, 6) is 1.47. The second-order valence-corrected chi connectivity index (χ2v) is 4.89. The molecule has 0 saturated heterocycles. The van der Waals surface area contributed by atoms with E-state index in [0.29, 0.717) is 18.9 Å². The van der Waals surface area contributed by atoms with Gasteiger partial charge in [-0.15, -0.1) is 0 Å². The van der Waals surface area contributed by atoms with E-state index in [0.717, 1.165) is 30.3 Å². The number of nitrogens with zero attached hydrogens (tertiary/aromatic N) is 4. The largest absolute Gasteiger partial charge is 0.394 e. The first-order chi connectivity index (χ1) is 8.51. The van der Waals surface area contributed by atoms with Gasteiger partial charge in [-0.3, -0.25) is 0 Å². The Morgan fingerprint density at radius 1 is 1.50 bits per heavy atom. The van der Waals surface area contributed by atoms with Crippen LogP contribution in [0.1, 0.15) is 32.9 Å². The van der Waals surface area contributed by atoms with Crippen LogP contribution in [0.2, 0.25) is 0 Å². The molecule has 0 fully saturated rings. The summed E-state index contributed by atoms with van der Waals surface area (Å²) in [6, 6.07) is 2.19. The molecular formula is C13H23N5. The van der Waals surface area contributed by atoms with Crippen LogP contribution in [-0.2, 0) is 6.54 Å². The first-order valence-electron chi connectivity index (χ1n) is 6.46. The van der Waals surface area contributed by atoms with E-state index in [9.17, 15) is 0 Å². The van der Waals surface area contributed by atoms with Crippen LogP contribution in [-0.4, -0.2) is 22.9 Å². The number of nitrogens with two attached hydrogens (primary N) is 1. The molecule has 2 N–H and O–H groups in total. The van der Waals surface area contributed by atoms with Crippen molar-refractivity contribution >= 4 is 11.5 Å². The molecule has 0 saturated carbocycles. The van der Waals surface area contributed by atoms with E-state index in [2.05, 4.69) is 29.9 Å². The van der Waals surface area contributed by atoms with Crippen LogP contribution in [0.4, 0.5) is 11.5 Å². The average molecular weight is 249 g/mol. The smallest absolute Gasteiger partial charge is 0.150 e. The summed E-state index contributed by atoms with van der Waals surface area (Å²) in [7, 11) is 0. The summed E-state index contributed by atoms with van der Waals surface area (Å²) in [4.78, 5) is 2.17. The van der Waals surface area contributed by atoms with Crippen LogP contribution in [0, 0.1) is 24.2 Å². The van der Waals surface area contributed by atoms with Crippen LogP contribution in [0.15, 0.2) is 0 Å². The number of nitriles is 1. The molecule has 0 radical (unpaired) electrons. The molecule has 18 heavy (non-hydrogen) atoms. The van der Waals surface area contributed by atoms with Crippen molar-refractivity contribution in [1.29, 1.82) is 5.26 Å². The van der Waals surface area contributed by atoms with Crippen LogP contribution in [0.5, 0.6) is 0 Å². The standard InChI is InChI=1S/C13H23N5/c1-5-18-13(12(15)11(4)16-18)17(8-6-7-14)9-10(2)3/h10H,5-6,8-9,15H2,1-4H3. The molecule has 0 unspecified atom stereocenters. The van der Waals surface area contributed by atoms with Gasteiger partial charge in [-0.05, 0) is 19.8 Å². The van der Waals surface area contributed by atoms with Crippen LogP contribution in [0.25, 0.3) is 0 Å². The lowest BCUT2D eigenvalue weighted by atomic mass is 10.2. The van der Waals surface area contributed by atoms with Crippen molar-refractivity contribution in [2.24, 2.45) is 5.92 Å². The molecule has 1 aromatic heterocycles. The second kappa shape index (κ2) is 6.29. The van der Waals surface area contributed by atoms with Gasteiger partial charge in [-0.1, -0.05) is 13.8 Å². The second-order valence-electron chi connectivity index (χ2n) is 4.89. The van der Waals surface area contributed by atoms with Crippen molar-refractivity contribution in [2.75, 3.05) is 23.7 Å². The highest BCUT2D eigenvalue weighted by molar-refractivity contribution is 5.66. The quantitative estimate of drug-likeness (QED) is 0.838. The lowest BCUT2D eigenvalue weighted by Crippen LogP contribution is -2.31. The molecule has 0 amide bonds. The molecule has 0 spiro atoms. The fourth-order valence-corrected chi connectivity index (χ4v) is 2.05. The van der Waals surface area contributed by atoms with Crippen molar-refractivity contribution in [3.8, 4) is 6.07 Å². The van der Waals surface area contributed by atoms with Crippen molar-refractivity contribution in [2.45, 2.75) is 40.7 Å². The van der Waals surface area contributed by atoms with E-state index in [1.165, 1.54) is 0 Å². The molecule has 1 rings (SSSR count). The number of aryl methyl sites for hydroxylation is 2. The maximum absolute atomic E-state index is 8.77. The highest BCUT2D eigenvalue weighted by Gasteiger charge is 2.18. The molecular weight excluding hydrogens is 226 g/mol. The summed E-state index contributed by atoms with van der Waals surface area (Å²) in [6.07, 6.45) is 0.500. The van der Waals surface area contributed by atoms with Crippen molar-refractivity contribution in [1.82, 2.24) is 9.78 Å². The Labute approximate surface area is 109 Å². The molecule has 0 aliphatic heterocycles. The number of rotatable bonds is 6. The maximum Gasteiger partial charge on any atom is 0.150 e. The molecule has 0 aromatic carbocycles. The topological polar surface area (TPSA) is 70.9 Å². The van der Waals surface area contributed by atoms with E-state index >= 15 is 0 Å². The minimum Gasteiger partial charge on any atom is -0.394 e. The maximum atomic E-state index is 8.77. The van der Waals surface area contributed by atoms with Crippen molar-refractivity contribution in [3.63, 3.8) is 0 Å². The highest BCUT2D eigenvalue weighted by atomic mass is 15.4. The van der Waals surface area contributed by atoms with Gasteiger partial charge in [0.25, 0.3) is 0 Å². The molecule has 1 heterocycles. The predicted octanol–water partition coefficient (Wildman–Crippen LogP) is 2.17. The molecule has 0 aliphatic carbocycles. The summed E-state index contributed by atoms with van der Waals surface area (Å²) in [5.41, 5.74) is 7.71. The highest BCUT2D eigenvalue weighted by Crippen LogP contribution is 2.27. The number of aromatic nitrogens is 2. The van der Waals surface area contributed by atoms with Gasteiger partial charge in [0.1, 0.15) is 0 Å². The Hall–Kier alpha value is -1.70. The zero-order valence-electron chi connectivity index (χ0n) is 11.8. The van der Waals surface area contributed by atoms with Crippen molar-refractivity contribution in [3.05, 3.63) is 5.69 Å². The Bertz CT molecular complexity index is 427. The summed E-state index contributed by atoms with van der Waals surface area (Å²) in [5, 5.41) is 13.2. The summed E-state index contributed by atoms with van der Waals surface area (Å²) >= 11 is 0. The molecule has 0 aliphatic rings. The van der Waals surface area contributed by atoms with Gasteiger partial charge in [0.05, 0.1) is 23.9 Å². The first-order valence-corrected chi connectivity index (χ1v) is 6.46. The summed E-state index contributed by atoms with van der Waals surface area (Å²) < 4.78 is 1.92. The van der Waals surface area contributed by atoms with Gasteiger partial charge in [-0.25, -0.2) is 4.68 Å². The molecule has 5 heteroatoms. The molecule has 0 bridgehead atoms. The minimum atomic E-state index is 0.500. The number of nitrogen functional groups attached to an aromatic ring is 1. The lowest BCUT2D eigenvalue weighted by Gasteiger charge is -2.26. The lowest BCUT2D eigenvalue weighted by molar-refractivity contribution is 0.576. The van der Waals surface area contributed by atoms with E-state index in [1.807, 2.05) is 18.5 Å². The van der Waals surface area contributed by atoms with Gasteiger partial charge >= 0.3 is 0 Å². The van der Waals surface area contributed by atoms with Crippen LogP contribution >= 0.6 is 0 Å². The Balaban J connectivity index is 3.07. The van der Waals surface area contributed by atoms with Gasteiger partial charge in [0.2, 0.25) is 0 Å². The van der Waals surface area contributed by atoms with Crippen molar-refractivity contribution < 1.29 is 0 Å². The van der Waals surface area contributed by atoms with Gasteiger partial charge in [-0.2, -0.15) is 10.4 Å². The monoisotopic (exact) mass is 249 g/mol. The SMILES string of the molecule is CCn1nc(C)c(N)c1N(CCC#N)CC(C)C. The molecule has 1 aromatic rings. The molecule has 0 atom stereocenters. The van der Waals surface area contributed by atoms with E-state index in [-0.39, 0.29) is 0 Å². The molecule has 5 nitrogen and oxygen atoms in total. The van der Waals surface area contributed by atoms with Gasteiger partial charge in [0, 0.05) is 19.6 Å². The zero-order valence-corrected chi connectivity index (χ0v) is 11.8. The third kappa shape index (κ3) is 3.16. The minimum absolute atomic E-state index is 0.500. The van der Waals surface area contributed by atoms with E-state index in [1.54, 1.807) is 0 Å². The normalized spacial score (nSPS) is 10.7. The Kier molecular flexibility index (Phi) is 5.02. The third-order valence-electron chi connectivity index (χ3n) is 2.82. The average Bonchev–Trinajstić information content (AvgIpc) is 2.60. The first kappa shape index (κ1) is 14.4. The molecule has 100 valence electrons. The summed E-state index contributed by atoms with van der Waals surface area (Å²) in [6.45, 7) is 10.7. The van der Waals surface area contributed by atoms with E-state index < -0.39 is 0 Å². The van der Waals surface area contributed by atoms with Crippen LogP contribution in [0.3, 0.4) is 0 Å². The van der Waals surface area contributed by atoms with Crippen LogP contribution < -0.4 is 10.6 Å². The fourth-order valence-electron chi connectivity index (χ4n) is 2.05. The third-order valence-corrected chi connectivity index (χ3v) is 2.82. The van der Waals surface area contributed by atoms with Gasteiger partial charge < -0.3 is 10.6 Å². The predicted molar refractivity (Wildman–Crippen MR) is 74.3 cm³/mol. The fraction of sp³-hybridized carbons (Fsp3) is 0.692. The Morgan fingerprint density at radius 3 is 2.67 bits per heavy atom. The zero-order chi connectivity index (χ0) is 13.7. The number of hydrogen-bond acceptors (Lipinski definition) is 4. The number of anilines is 2. The Morgan fingerprint density at radius 2 is 2.17 bits per heavy atom.